The van der Waals surface area contributed by atoms with Crippen molar-refractivity contribution >= 4 is 5.96 Å². The molecule has 0 saturated carbocycles. The van der Waals surface area contributed by atoms with Gasteiger partial charge in [0.25, 0.3) is 0 Å². The second kappa shape index (κ2) is 10.5. The van der Waals surface area contributed by atoms with Crippen LogP contribution in [0.2, 0.25) is 0 Å². The molecular weight excluding hydrogens is 374 g/mol. The van der Waals surface area contributed by atoms with Crippen molar-refractivity contribution in [3.8, 4) is 16.9 Å². The van der Waals surface area contributed by atoms with Crippen molar-refractivity contribution in [2.45, 2.75) is 27.3 Å². The Bertz CT molecular complexity index is 979. The maximum Gasteiger partial charge on any atom is 0.191 e. The Hall–Kier alpha value is -3.28. The van der Waals surface area contributed by atoms with E-state index in [1.54, 1.807) is 0 Å². The van der Waals surface area contributed by atoms with E-state index in [1.165, 1.54) is 5.56 Å². The number of hydrogen-bond donors (Lipinski definition) is 2. The number of nitrogens with zero attached hydrogens (tertiary/aromatic N) is 3. The van der Waals surface area contributed by atoms with E-state index in [0.29, 0.717) is 19.7 Å². The first kappa shape index (κ1) is 21.4. The van der Waals surface area contributed by atoms with Crippen LogP contribution in [-0.2, 0) is 13.6 Å². The van der Waals surface area contributed by atoms with E-state index in [-0.39, 0.29) is 0 Å². The molecule has 0 bridgehead atoms. The Morgan fingerprint density at radius 3 is 2.47 bits per heavy atom. The van der Waals surface area contributed by atoms with E-state index < -0.39 is 0 Å². The number of rotatable bonds is 8. The van der Waals surface area contributed by atoms with Crippen molar-refractivity contribution in [2.75, 3.05) is 19.7 Å². The van der Waals surface area contributed by atoms with E-state index in [1.807, 2.05) is 55.1 Å². The predicted octanol–water partition coefficient (Wildman–Crippen LogP) is 3.84. The molecule has 158 valence electrons. The molecule has 2 aromatic carbocycles. The van der Waals surface area contributed by atoms with Crippen LogP contribution >= 0.6 is 0 Å². The first-order chi connectivity index (χ1) is 14.6. The van der Waals surface area contributed by atoms with Gasteiger partial charge in [-0.25, -0.2) is 4.99 Å². The minimum Gasteiger partial charge on any atom is -0.491 e. The molecule has 0 aliphatic rings. The van der Waals surface area contributed by atoms with Crippen molar-refractivity contribution in [3.63, 3.8) is 0 Å². The quantitative estimate of drug-likeness (QED) is 0.340. The molecule has 3 aromatic rings. The van der Waals surface area contributed by atoms with Gasteiger partial charge in [0.15, 0.2) is 5.96 Å². The average Bonchev–Trinajstić information content (AvgIpc) is 3.01. The summed E-state index contributed by atoms with van der Waals surface area (Å²) in [6.07, 6.45) is 0. The lowest BCUT2D eigenvalue weighted by Crippen LogP contribution is -2.39. The molecule has 6 nitrogen and oxygen atoms in total. The SMILES string of the molecule is CCNC(=NCc1c(C)nn(C)c1C)NCCOc1ccccc1-c1ccccc1. The maximum atomic E-state index is 6.07. The molecule has 1 aromatic heterocycles. The summed E-state index contributed by atoms with van der Waals surface area (Å²) < 4.78 is 7.97. The highest BCUT2D eigenvalue weighted by Crippen LogP contribution is 2.29. The summed E-state index contributed by atoms with van der Waals surface area (Å²) >= 11 is 0. The summed E-state index contributed by atoms with van der Waals surface area (Å²) in [5.74, 6) is 1.66. The molecule has 0 aliphatic carbocycles. The van der Waals surface area contributed by atoms with Crippen molar-refractivity contribution in [2.24, 2.45) is 12.0 Å². The van der Waals surface area contributed by atoms with Crippen molar-refractivity contribution in [3.05, 3.63) is 71.5 Å². The van der Waals surface area contributed by atoms with Crippen LogP contribution < -0.4 is 15.4 Å². The van der Waals surface area contributed by atoms with Crippen LogP contribution in [0.25, 0.3) is 11.1 Å². The van der Waals surface area contributed by atoms with Gasteiger partial charge in [-0.1, -0.05) is 48.5 Å². The molecule has 0 radical (unpaired) electrons. The van der Waals surface area contributed by atoms with Gasteiger partial charge in [-0.05, 0) is 32.4 Å². The fourth-order valence-electron chi connectivity index (χ4n) is 3.33. The van der Waals surface area contributed by atoms with Crippen LogP contribution in [0.1, 0.15) is 23.9 Å². The third-order valence-corrected chi connectivity index (χ3v) is 5.02. The lowest BCUT2D eigenvalue weighted by Gasteiger charge is -2.14. The van der Waals surface area contributed by atoms with E-state index in [4.69, 9.17) is 9.73 Å². The second-order valence-corrected chi connectivity index (χ2v) is 7.11. The van der Waals surface area contributed by atoms with Gasteiger partial charge >= 0.3 is 0 Å². The van der Waals surface area contributed by atoms with Gasteiger partial charge < -0.3 is 15.4 Å². The summed E-state index contributed by atoms with van der Waals surface area (Å²) in [4.78, 5) is 4.71. The smallest absolute Gasteiger partial charge is 0.191 e. The highest BCUT2D eigenvalue weighted by molar-refractivity contribution is 5.79. The zero-order valence-electron chi connectivity index (χ0n) is 18.3. The number of benzene rings is 2. The van der Waals surface area contributed by atoms with Gasteiger partial charge in [0.2, 0.25) is 0 Å². The van der Waals surface area contributed by atoms with E-state index in [2.05, 4.69) is 47.8 Å². The van der Waals surface area contributed by atoms with Crippen molar-refractivity contribution in [1.82, 2.24) is 20.4 Å². The third-order valence-electron chi connectivity index (χ3n) is 5.02. The first-order valence-corrected chi connectivity index (χ1v) is 10.4. The third kappa shape index (κ3) is 5.41. The highest BCUT2D eigenvalue weighted by Gasteiger charge is 2.09. The highest BCUT2D eigenvalue weighted by atomic mass is 16.5. The lowest BCUT2D eigenvalue weighted by atomic mass is 10.1. The summed E-state index contributed by atoms with van der Waals surface area (Å²) in [5.41, 5.74) is 5.59. The Morgan fingerprint density at radius 1 is 1.03 bits per heavy atom. The standard InChI is InChI=1S/C24H31N5O/c1-5-25-24(27-17-22-18(2)28-29(4)19(22)3)26-15-16-30-23-14-10-9-13-21(23)20-11-7-6-8-12-20/h6-14H,5,15-17H2,1-4H3,(H2,25,26,27). The van der Waals surface area contributed by atoms with E-state index >= 15 is 0 Å². The fourth-order valence-corrected chi connectivity index (χ4v) is 3.33. The van der Waals surface area contributed by atoms with E-state index in [9.17, 15) is 0 Å². The number of ether oxygens (including phenoxy) is 1. The molecule has 0 saturated heterocycles. The number of aliphatic imine (C=N–C) groups is 1. The molecular formula is C24H31N5O. The van der Waals surface area contributed by atoms with Gasteiger partial charge in [0, 0.05) is 30.4 Å². The molecule has 0 unspecified atom stereocenters. The average molecular weight is 406 g/mol. The Labute approximate surface area is 179 Å². The molecule has 0 fully saturated rings. The Kier molecular flexibility index (Phi) is 7.49. The second-order valence-electron chi connectivity index (χ2n) is 7.11. The number of hydrogen-bond acceptors (Lipinski definition) is 3. The maximum absolute atomic E-state index is 6.07. The first-order valence-electron chi connectivity index (χ1n) is 10.4. The van der Waals surface area contributed by atoms with Crippen LogP contribution in [-0.4, -0.2) is 35.4 Å². The van der Waals surface area contributed by atoms with Crippen LogP contribution in [0, 0.1) is 13.8 Å². The minimum absolute atomic E-state index is 0.541. The molecule has 30 heavy (non-hydrogen) atoms. The van der Waals surface area contributed by atoms with Crippen molar-refractivity contribution < 1.29 is 4.74 Å². The number of guanidine groups is 1. The topological polar surface area (TPSA) is 63.5 Å². The molecule has 0 spiro atoms. The fraction of sp³-hybridized carbons (Fsp3) is 0.333. The lowest BCUT2D eigenvalue weighted by molar-refractivity contribution is 0.323. The number of aromatic nitrogens is 2. The molecule has 6 heteroatoms. The van der Waals surface area contributed by atoms with Crippen LogP contribution in [0.4, 0.5) is 0 Å². The van der Waals surface area contributed by atoms with Crippen molar-refractivity contribution in [1.29, 1.82) is 0 Å². The Balaban J connectivity index is 1.58. The number of para-hydroxylation sites is 1. The minimum atomic E-state index is 0.541. The largest absolute Gasteiger partial charge is 0.491 e. The summed E-state index contributed by atoms with van der Waals surface area (Å²) in [5, 5.41) is 11.1. The van der Waals surface area contributed by atoms with Gasteiger partial charge in [-0.2, -0.15) is 5.10 Å². The van der Waals surface area contributed by atoms with Crippen LogP contribution in [0.3, 0.4) is 0 Å². The molecule has 3 rings (SSSR count). The van der Waals surface area contributed by atoms with Crippen LogP contribution in [0.5, 0.6) is 5.75 Å². The zero-order chi connectivity index (χ0) is 21.3. The van der Waals surface area contributed by atoms with Gasteiger partial charge in [0.1, 0.15) is 12.4 Å². The number of nitrogens with one attached hydrogen (secondary N) is 2. The van der Waals surface area contributed by atoms with Gasteiger partial charge in [-0.15, -0.1) is 0 Å². The number of aryl methyl sites for hydroxylation is 2. The zero-order valence-corrected chi connectivity index (χ0v) is 18.3. The molecule has 0 aliphatic heterocycles. The monoisotopic (exact) mass is 405 g/mol. The predicted molar refractivity (Wildman–Crippen MR) is 123 cm³/mol. The van der Waals surface area contributed by atoms with E-state index in [0.717, 1.165) is 40.8 Å². The van der Waals surface area contributed by atoms with Gasteiger partial charge in [0.05, 0.1) is 18.8 Å². The summed E-state index contributed by atoms with van der Waals surface area (Å²) in [6, 6.07) is 18.4. The summed E-state index contributed by atoms with van der Waals surface area (Å²) in [6.45, 7) is 8.75. The Morgan fingerprint density at radius 2 is 1.77 bits per heavy atom. The molecule has 0 atom stereocenters. The molecule has 2 N–H and O–H groups in total. The normalized spacial score (nSPS) is 11.4. The van der Waals surface area contributed by atoms with Gasteiger partial charge in [-0.3, -0.25) is 4.68 Å². The van der Waals surface area contributed by atoms with Crippen LogP contribution in [0.15, 0.2) is 59.6 Å². The summed E-state index contributed by atoms with van der Waals surface area (Å²) in [7, 11) is 1.96. The molecule has 1 heterocycles. The molecule has 0 amide bonds.